The summed E-state index contributed by atoms with van der Waals surface area (Å²) >= 11 is 0. The van der Waals surface area contributed by atoms with Gasteiger partial charge in [-0.2, -0.15) is 0 Å². The molecule has 2 aliphatic rings. The molecule has 172 valence electrons. The monoisotopic (exact) mass is 443 g/mol. The molecule has 1 aliphatic heterocycles. The Balaban J connectivity index is 1.71. The first kappa shape index (κ1) is 23.6. The number of amides is 4. The maximum Gasteiger partial charge on any atom is 0.242 e. The van der Waals surface area contributed by atoms with Crippen molar-refractivity contribution in [1.82, 2.24) is 15.1 Å². The summed E-state index contributed by atoms with van der Waals surface area (Å²) in [5, 5.41) is 2.76. The molecule has 3 atom stereocenters. The summed E-state index contributed by atoms with van der Waals surface area (Å²) in [4.78, 5) is 53.5. The van der Waals surface area contributed by atoms with Crippen molar-refractivity contribution in [3.05, 3.63) is 47.8 Å². The zero-order valence-corrected chi connectivity index (χ0v) is 18.6. The van der Waals surface area contributed by atoms with Crippen LogP contribution in [0.4, 0.5) is 4.39 Å². The van der Waals surface area contributed by atoms with Gasteiger partial charge in [-0.25, -0.2) is 4.39 Å². The minimum atomic E-state index is -0.828. The number of halogens is 1. The number of rotatable bonds is 9. The number of imide groups is 1. The number of hydrogen-bond donors (Lipinski definition) is 1. The lowest BCUT2D eigenvalue weighted by Gasteiger charge is -2.29. The summed E-state index contributed by atoms with van der Waals surface area (Å²) in [6.45, 7) is 3.86. The Bertz CT molecular complexity index is 890. The van der Waals surface area contributed by atoms with Crippen molar-refractivity contribution in [1.29, 1.82) is 0 Å². The van der Waals surface area contributed by atoms with E-state index in [2.05, 4.69) is 5.32 Å². The van der Waals surface area contributed by atoms with Crippen LogP contribution < -0.4 is 5.32 Å². The highest BCUT2D eigenvalue weighted by Crippen LogP contribution is 2.35. The molecule has 0 saturated carbocycles. The minimum Gasteiger partial charge on any atom is -0.354 e. The van der Waals surface area contributed by atoms with Crippen LogP contribution in [0.25, 0.3) is 0 Å². The summed E-state index contributed by atoms with van der Waals surface area (Å²) in [6, 6.07) is 5.27. The second kappa shape index (κ2) is 10.5. The fraction of sp³-hybridized carbons (Fsp3) is 0.500. The Morgan fingerprint density at radius 1 is 1.16 bits per heavy atom. The normalized spacial score (nSPS) is 20.8. The number of nitrogens with zero attached hydrogens (tertiary/aromatic N) is 2. The van der Waals surface area contributed by atoms with Crippen LogP contribution in [-0.2, 0) is 25.7 Å². The van der Waals surface area contributed by atoms with Crippen LogP contribution in [0.1, 0.15) is 45.1 Å². The average molecular weight is 444 g/mol. The molecule has 1 aliphatic carbocycles. The first-order chi connectivity index (χ1) is 15.3. The topological polar surface area (TPSA) is 86.8 Å². The highest BCUT2D eigenvalue weighted by molar-refractivity contribution is 6.05. The Morgan fingerprint density at radius 2 is 1.78 bits per heavy atom. The Kier molecular flexibility index (Phi) is 7.77. The van der Waals surface area contributed by atoms with Gasteiger partial charge in [0.1, 0.15) is 11.9 Å². The Labute approximate surface area is 187 Å². The van der Waals surface area contributed by atoms with Gasteiger partial charge in [-0.05, 0) is 32.3 Å². The predicted molar refractivity (Wildman–Crippen MR) is 116 cm³/mol. The number of carbonyl (C=O) groups excluding carboxylic acids is 4. The number of allylic oxidation sites excluding steroid dienone is 2. The number of benzene rings is 1. The third-order valence-electron chi connectivity index (χ3n) is 6.16. The van der Waals surface area contributed by atoms with Crippen LogP contribution in [0, 0.1) is 17.7 Å². The van der Waals surface area contributed by atoms with Crippen LogP contribution in [-0.4, -0.2) is 52.6 Å². The van der Waals surface area contributed by atoms with Gasteiger partial charge in [0.2, 0.25) is 23.6 Å². The molecule has 7 nitrogen and oxygen atoms in total. The Morgan fingerprint density at radius 3 is 2.38 bits per heavy atom. The lowest BCUT2D eigenvalue weighted by Crippen LogP contribution is -2.48. The zero-order valence-electron chi connectivity index (χ0n) is 18.6. The summed E-state index contributed by atoms with van der Waals surface area (Å²) in [7, 11) is 0. The molecule has 0 bridgehead atoms. The molecule has 0 aromatic heterocycles. The van der Waals surface area contributed by atoms with Crippen molar-refractivity contribution in [3.8, 4) is 0 Å². The quantitative estimate of drug-likeness (QED) is 0.469. The third kappa shape index (κ3) is 5.06. The van der Waals surface area contributed by atoms with Gasteiger partial charge in [-0.3, -0.25) is 24.1 Å². The largest absolute Gasteiger partial charge is 0.354 e. The number of hydrogen-bond acceptors (Lipinski definition) is 4. The molecule has 4 amide bonds. The van der Waals surface area contributed by atoms with Gasteiger partial charge in [0.15, 0.2) is 0 Å². The lowest BCUT2D eigenvalue weighted by atomic mass is 9.85. The molecule has 32 heavy (non-hydrogen) atoms. The van der Waals surface area contributed by atoms with E-state index in [-0.39, 0.29) is 49.1 Å². The van der Waals surface area contributed by atoms with Gasteiger partial charge in [-0.15, -0.1) is 0 Å². The SMILES string of the molecule is CCCNC(=O)C(C)N(Cc1ccccc1F)C(=O)CCN1C(=O)[C@H]2CC=CC[C@H]2C1=O. The molecule has 1 aromatic carbocycles. The molecule has 1 saturated heterocycles. The molecule has 1 fully saturated rings. The van der Waals surface area contributed by atoms with Crippen LogP contribution in [0.5, 0.6) is 0 Å². The molecule has 1 aromatic rings. The first-order valence-electron chi connectivity index (χ1n) is 11.2. The summed E-state index contributed by atoms with van der Waals surface area (Å²) in [5.74, 6) is -2.40. The molecule has 8 heteroatoms. The van der Waals surface area contributed by atoms with Gasteiger partial charge in [0.25, 0.3) is 0 Å². The van der Waals surface area contributed by atoms with Crippen LogP contribution in [0.2, 0.25) is 0 Å². The first-order valence-corrected chi connectivity index (χ1v) is 11.2. The molecular weight excluding hydrogens is 413 g/mol. The number of fused-ring (bicyclic) bond motifs is 1. The molecule has 3 rings (SSSR count). The average Bonchev–Trinajstić information content (AvgIpc) is 3.04. The van der Waals surface area contributed by atoms with Crippen molar-refractivity contribution in [2.75, 3.05) is 13.1 Å². The van der Waals surface area contributed by atoms with Crippen molar-refractivity contribution < 1.29 is 23.6 Å². The molecule has 1 unspecified atom stereocenters. The van der Waals surface area contributed by atoms with Gasteiger partial charge >= 0.3 is 0 Å². The van der Waals surface area contributed by atoms with E-state index in [1.807, 2.05) is 19.1 Å². The van der Waals surface area contributed by atoms with Crippen LogP contribution in [0.3, 0.4) is 0 Å². The smallest absolute Gasteiger partial charge is 0.242 e. The maximum absolute atomic E-state index is 14.2. The molecule has 0 radical (unpaired) electrons. The predicted octanol–water partition coefficient (Wildman–Crippen LogP) is 2.41. The van der Waals surface area contributed by atoms with Crippen molar-refractivity contribution >= 4 is 23.6 Å². The highest BCUT2D eigenvalue weighted by atomic mass is 19.1. The zero-order chi connectivity index (χ0) is 23.3. The summed E-state index contributed by atoms with van der Waals surface area (Å²) < 4.78 is 14.2. The van der Waals surface area contributed by atoms with Crippen LogP contribution in [0.15, 0.2) is 36.4 Å². The number of nitrogens with one attached hydrogen (secondary N) is 1. The second-order valence-corrected chi connectivity index (χ2v) is 8.31. The van der Waals surface area contributed by atoms with E-state index in [1.165, 1.54) is 15.9 Å². The van der Waals surface area contributed by atoms with Crippen molar-refractivity contribution in [2.24, 2.45) is 11.8 Å². The molecule has 1 N–H and O–H groups in total. The molecule has 1 heterocycles. The van der Waals surface area contributed by atoms with Crippen LogP contribution >= 0.6 is 0 Å². The van der Waals surface area contributed by atoms with E-state index in [4.69, 9.17) is 0 Å². The summed E-state index contributed by atoms with van der Waals surface area (Å²) in [6.07, 6.45) is 5.52. The molecular formula is C24H30FN3O4. The van der Waals surface area contributed by atoms with E-state index in [1.54, 1.807) is 25.1 Å². The fourth-order valence-electron chi connectivity index (χ4n) is 4.23. The fourth-order valence-corrected chi connectivity index (χ4v) is 4.23. The maximum atomic E-state index is 14.2. The third-order valence-corrected chi connectivity index (χ3v) is 6.16. The van der Waals surface area contributed by atoms with Gasteiger partial charge in [0.05, 0.1) is 11.8 Å². The summed E-state index contributed by atoms with van der Waals surface area (Å²) in [5.41, 5.74) is 0.293. The van der Waals surface area contributed by atoms with Crippen molar-refractivity contribution in [2.45, 2.75) is 52.1 Å². The highest BCUT2D eigenvalue weighted by Gasteiger charge is 2.47. The standard InChI is InChI=1S/C24H30FN3O4/c1-3-13-26-22(30)16(2)28(15-17-8-4-7-11-20(17)25)21(29)12-14-27-23(31)18-9-5-6-10-19(18)24(27)32/h4-8,11,16,18-19H,3,9-10,12-15H2,1-2H3,(H,26,30)/t16?,18-,19+. The number of carbonyl (C=O) groups is 4. The van der Waals surface area contributed by atoms with E-state index >= 15 is 0 Å². The van der Waals surface area contributed by atoms with E-state index in [0.717, 1.165) is 6.42 Å². The molecule has 0 spiro atoms. The van der Waals surface area contributed by atoms with Crippen molar-refractivity contribution in [3.63, 3.8) is 0 Å². The van der Waals surface area contributed by atoms with E-state index < -0.39 is 17.8 Å². The van der Waals surface area contributed by atoms with Gasteiger partial charge in [0, 0.05) is 31.6 Å². The van der Waals surface area contributed by atoms with E-state index in [9.17, 15) is 23.6 Å². The Hall–Kier alpha value is -3.03. The second-order valence-electron chi connectivity index (χ2n) is 8.31. The number of likely N-dealkylation sites (tertiary alicyclic amines) is 1. The minimum absolute atomic E-state index is 0.0411. The van der Waals surface area contributed by atoms with Gasteiger partial charge in [-0.1, -0.05) is 37.3 Å². The lowest BCUT2D eigenvalue weighted by molar-refractivity contribution is -0.143. The van der Waals surface area contributed by atoms with E-state index in [0.29, 0.717) is 24.9 Å². The van der Waals surface area contributed by atoms with Gasteiger partial charge < -0.3 is 10.2 Å².